The molecule has 1 fully saturated rings. The summed E-state index contributed by atoms with van der Waals surface area (Å²) in [4.78, 5) is 18.0. The van der Waals surface area contributed by atoms with E-state index in [4.69, 9.17) is 14.2 Å². The fourth-order valence-corrected chi connectivity index (χ4v) is 6.30. The molecule has 6 nitrogen and oxygen atoms in total. The third kappa shape index (κ3) is 2.99. The molecular weight excluding hydrogens is 449 g/mol. The van der Waals surface area contributed by atoms with E-state index >= 15 is 0 Å². The Morgan fingerprint density at radius 2 is 2.06 bits per heavy atom. The fourth-order valence-electron chi connectivity index (χ4n) is 6.30. The Balaban J connectivity index is 1.42. The highest BCUT2D eigenvalue weighted by Crippen LogP contribution is 2.62. The van der Waals surface area contributed by atoms with E-state index in [9.17, 15) is 18.0 Å². The second-order valence-electron chi connectivity index (χ2n) is 9.48. The first-order valence-corrected chi connectivity index (χ1v) is 11.3. The van der Waals surface area contributed by atoms with Crippen LogP contribution in [0, 0.1) is 5.92 Å². The Bertz CT molecular complexity index is 1200. The molecule has 9 heteroatoms. The zero-order chi connectivity index (χ0) is 23.8. The van der Waals surface area contributed by atoms with Crippen molar-refractivity contribution in [2.75, 3.05) is 13.6 Å². The molecule has 1 spiro atoms. The second kappa shape index (κ2) is 7.21. The Morgan fingerprint density at radius 3 is 2.76 bits per heavy atom. The summed E-state index contributed by atoms with van der Waals surface area (Å²) < 4.78 is 56.9. The predicted molar refractivity (Wildman–Crippen MR) is 115 cm³/mol. The van der Waals surface area contributed by atoms with Crippen LogP contribution in [-0.2, 0) is 22.8 Å². The SMILES string of the molecule is CC(=O)Oc1ccc2c3c1O[C@H]1[C@@H](Oc4ccc(C(F)(F)F)cn4)C=C[C@H]4[C@@H](C2)N(C)CC[C@@]341. The molecule has 178 valence electrons. The van der Waals surface area contributed by atoms with Gasteiger partial charge in [0.15, 0.2) is 17.6 Å². The molecule has 0 saturated carbocycles. The number of pyridine rings is 1. The minimum atomic E-state index is -4.46. The number of carbonyl (C=O) groups is 1. The second-order valence-corrected chi connectivity index (χ2v) is 9.48. The molecule has 34 heavy (non-hydrogen) atoms. The van der Waals surface area contributed by atoms with E-state index in [0.29, 0.717) is 17.5 Å². The van der Waals surface area contributed by atoms with Crippen molar-refractivity contribution in [1.29, 1.82) is 0 Å². The number of rotatable bonds is 3. The molecule has 0 radical (unpaired) electrons. The number of nitrogens with zero attached hydrogens (tertiary/aromatic N) is 2. The lowest BCUT2D eigenvalue weighted by Gasteiger charge is -2.56. The average Bonchev–Trinajstić information content (AvgIpc) is 3.13. The van der Waals surface area contributed by atoms with E-state index in [0.717, 1.165) is 37.2 Å². The van der Waals surface area contributed by atoms with Gasteiger partial charge in [0.25, 0.3) is 0 Å². The van der Waals surface area contributed by atoms with E-state index in [1.807, 2.05) is 12.1 Å². The molecule has 6 rings (SSSR count). The first-order valence-electron chi connectivity index (χ1n) is 11.3. The quantitative estimate of drug-likeness (QED) is 0.384. The zero-order valence-corrected chi connectivity index (χ0v) is 18.6. The van der Waals surface area contributed by atoms with Crippen molar-refractivity contribution in [3.8, 4) is 17.4 Å². The number of benzene rings is 1. The van der Waals surface area contributed by atoms with Gasteiger partial charge in [0, 0.05) is 42.1 Å². The standard InChI is InChI=1S/C25H23F3N2O4/c1-13(31)32-18-6-3-14-11-17-16-5-7-19(33-20-8-4-15(12-29-20)25(26,27)28)23-24(16,9-10-30(17)2)21(14)22(18)34-23/h3-8,12,16-17,19,23H,9-11H2,1-2H3/t16-,17+,19-,23-,24-/m0/s1. The maximum atomic E-state index is 12.9. The van der Waals surface area contributed by atoms with E-state index in [1.54, 1.807) is 6.07 Å². The number of likely N-dealkylation sites (tertiary alicyclic amines) is 1. The molecule has 4 aliphatic rings. The summed E-state index contributed by atoms with van der Waals surface area (Å²) >= 11 is 0. The number of halogens is 3. The minimum Gasteiger partial charge on any atom is -0.481 e. The Morgan fingerprint density at radius 1 is 1.24 bits per heavy atom. The zero-order valence-electron chi connectivity index (χ0n) is 18.6. The lowest BCUT2D eigenvalue weighted by Crippen LogP contribution is -2.65. The van der Waals surface area contributed by atoms with Crippen LogP contribution < -0.4 is 14.2 Å². The molecule has 0 N–H and O–H groups in total. The van der Waals surface area contributed by atoms with Crippen molar-refractivity contribution in [3.63, 3.8) is 0 Å². The van der Waals surface area contributed by atoms with Crippen LogP contribution in [0.4, 0.5) is 13.2 Å². The van der Waals surface area contributed by atoms with Crippen molar-refractivity contribution in [3.05, 3.63) is 59.3 Å². The van der Waals surface area contributed by atoms with Gasteiger partial charge >= 0.3 is 12.1 Å². The number of aromatic nitrogens is 1. The normalized spacial score (nSPS) is 31.0. The molecule has 2 aromatic rings. The van der Waals surface area contributed by atoms with E-state index in [-0.39, 0.29) is 17.2 Å². The molecule has 0 amide bonds. The maximum Gasteiger partial charge on any atom is 0.417 e. The molecule has 2 bridgehead atoms. The number of alkyl halides is 3. The number of likely N-dealkylation sites (N-methyl/N-ethyl adjacent to an activating group) is 1. The van der Waals surface area contributed by atoms with Gasteiger partial charge in [0.05, 0.1) is 5.56 Å². The van der Waals surface area contributed by atoms with E-state index in [2.05, 4.69) is 23.0 Å². The molecule has 1 aromatic carbocycles. The van der Waals surface area contributed by atoms with Crippen molar-refractivity contribution >= 4 is 5.97 Å². The van der Waals surface area contributed by atoms with Gasteiger partial charge in [-0.25, -0.2) is 4.98 Å². The predicted octanol–water partition coefficient (Wildman–Crippen LogP) is 3.92. The lowest BCUT2D eigenvalue weighted by molar-refractivity contribution is -0.138. The van der Waals surface area contributed by atoms with E-state index in [1.165, 1.54) is 18.6 Å². The summed E-state index contributed by atoms with van der Waals surface area (Å²) in [7, 11) is 2.13. The summed E-state index contributed by atoms with van der Waals surface area (Å²) in [5, 5.41) is 0. The van der Waals surface area contributed by atoms with Crippen LogP contribution in [0.25, 0.3) is 0 Å². The van der Waals surface area contributed by atoms with Gasteiger partial charge in [0.2, 0.25) is 5.88 Å². The Kier molecular flexibility index (Phi) is 4.55. The monoisotopic (exact) mass is 472 g/mol. The van der Waals surface area contributed by atoms with E-state index < -0.39 is 29.9 Å². The molecule has 3 heterocycles. The number of piperidine rings is 1. The van der Waals surface area contributed by atoms with Crippen LogP contribution in [0.2, 0.25) is 0 Å². The number of hydrogen-bond acceptors (Lipinski definition) is 6. The number of hydrogen-bond donors (Lipinski definition) is 0. The summed E-state index contributed by atoms with van der Waals surface area (Å²) in [6.45, 7) is 2.22. The number of ether oxygens (including phenoxy) is 3. The van der Waals surface area contributed by atoms with Crippen LogP contribution in [0.15, 0.2) is 42.6 Å². The average molecular weight is 472 g/mol. The van der Waals surface area contributed by atoms with Crippen molar-refractivity contribution < 1.29 is 32.2 Å². The summed E-state index contributed by atoms with van der Waals surface area (Å²) in [5.74, 6) is 0.803. The van der Waals surface area contributed by atoms with Gasteiger partial charge in [-0.15, -0.1) is 0 Å². The van der Waals surface area contributed by atoms with Crippen LogP contribution >= 0.6 is 0 Å². The lowest BCUT2D eigenvalue weighted by atomic mass is 9.53. The van der Waals surface area contributed by atoms with Gasteiger partial charge in [0.1, 0.15) is 6.10 Å². The molecule has 1 aromatic heterocycles. The fraction of sp³-hybridized carbons (Fsp3) is 0.440. The molecule has 0 unspecified atom stereocenters. The van der Waals surface area contributed by atoms with Crippen LogP contribution in [0.5, 0.6) is 17.4 Å². The van der Waals surface area contributed by atoms with Gasteiger partial charge in [-0.3, -0.25) is 4.79 Å². The van der Waals surface area contributed by atoms with Gasteiger partial charge in [-0.1, -0.05) is 12.1 Å². The highest BCUT2D eigenvalue weighted by molar-refractivity contribution is 5.72. The highest BCUT2D eigenvalue weighted by Gasteiger charge is 2.65. The summed E-state index contributed by atoms with van der Waals surface area (Å²) in [6.07, 6.45) is 1.10. The van der Waals surface area contributed by atoms with Gasteiger partial charge in [-0.05, 0) is 50.2 Å². The summed E-state index contributed by atoms with van der Waals surface area (Å²) in [5.41, 5.74) is 1.04. The Labute approximate surface area is 194 Å². The number of carbonyl (C=O) groups excluding carboxylic acids is 1. The number of esters is 1. The highest BCUT2D eigenvalue weighted by atomic mass is 19.4. The Hall–Kier alpha value is -3.07. The summed E-state index contributed by atoms with van der Waals surface area (Å²) in [6, 6.07) is 6.28. The minimum absolute atomic E-state index is 0.0952. The van der Waals surface area contributed by atoms with Crippen molar-refractivity contribution in [1.82, 2.24) is 9.88 Å². The molecule has 2 aliphatic heterocycles. The molecule has 2 aliphatic carbocycles. The van der Waals surface area contributed by atoms with Crippen LogP contribution in [0.3, 0.4) is 0 Å². The maximum absolute atomic E-state index is 12.9. The molecule has 1 saturated heterocycles. The third-order valence-corrected chi connectivity index (χ3v) is 7.69. The van der Waals surface area contributed by atoms with Crippen LogP contribution in [-0.4, -0.2) is 47.7 Å². The van der Waals surface area contributed by atoms with Crippen molar-refractivity contribution in [2.45, 2.75) is 49.6 Å². The van der Waals surface area contributed by atoms with Crippen molar-refractivity contribution in [2.24, 2.45) is 5.92 Å². The topological polar surface area (TPSA) is 60.9 Å². The first-order chi connectivity index (χ1) is 16.2. The van der Waals surface area contributed by atoms with Gasteiger partial charge < -0.3 is 19.1 Å². The van der Waals surface area contributed by atoms with Crippen LogP contribution in [0.1, 0.15) is 30.0 Å². The first kappa shape index (κ1) is 21.5. The smallest absolute Gasteiger partial charge is 0.417 e. The third-order valence-electron chi connectivity index (χ3n) is 7.69. The molecular formula is C25H23F3N2O4. The largest absolute Gasteiger partial charge is 0.481 e. The van der Waals surface area contributed by atoms with Gasteiger partial charge in [-0.2, -0.15) is 13.2 Å². The molecule has 5 atom stereocenters.